The highest BCUT2D eigenvalue weighted by molar-refractivity contribution is 6.32. The molecule has 1 saturated heterocycles. The fraction of sp³-hybridized carbons (Fsp3) is 0.588. The maximum absolute atomic E-state index is 12.2. The number of halogens is 1. The number of nitrogens with zero attached hydrogens (tertiary/aromatic N) is 1. The van der Waals surface area contributed by atoms with E-state index in [1.807, 2.05) is 17.0 Å². The second-order valence-corrected chi connectivity index (χ2v) is 6.03. The standard InChI is InChI=1S/C17H25ClN2O3/c18-15-4-1-2-5-16(15)23-13-8-17(21)20-10-6-14(7-11-20)22-12-3-9-19/h1-2,4-5,14H,3,6-13,19H2. The van der Waals surface area contributed by atoms with E-state index in [4.69, 9.17) is 26.8 Å². The summed E-state index contributed by atoms with van der Waals surface area (Å²) in [5, 5.41) is 0.565. The van der Waals surface area contributed by atoms with Crippen LogP contribution < -0.4 is 10.5 Å². The van der Waals surface area contributed by atoms with Crippen LogP contribution in [0.1, 0.15) is 25.7 Å². The summed E-state index contributed by atoms with van der Waals surface area (Å²) in [6.07, 6.45) is 3.29. The first-order valence-electron chi connectivity index (χ1n) is 8.17. The van der Waals surface area contributed by atoms with Crippen LogP contribution in [0, 0.1) is 0 Å². The van der Waals surface area contributed by atoms with Crippen molar-refractivity contribution in [2.24, 2.45) is 5.73 Å². The normalized spacial score (nSPS) is 15.7. The Hall–Kier alpha value is -1.30. The van der Waals surface area contributed by atoms with E-state index in [9.17, 15) is 4.79 Å². The fourth-order valence-electron chi connectivity index (χ4n) is 2.57. The van der Waals surface area contributed by atoms with Gasteiger partial charge in [-0.1, -0.05) is 23.7 Å². The maximum atomic E-state index is 12.2. The molecule has 2 N–H and O–H groups in total. The highest BCUT2D eigenvalue weighted by Gasteiger charge is 2.22. The van der Waals surface area contributed by atoms with Gasteiger partial charge in [0.25, 0.3) is 0 Å². The van der Waals surface area contributed by atoms with E-state index in [1.54, 1.807) is 12.1 Å². The van der Waals surface area contributed by atoms with Gasteiger partial charge >= 0.3 is 0 Å². The number of carbonyl (C=O) groups is 1. The minimum atomic E-state index is 0.123. The van der Waals surface area contributed by atoms with Crippen molar-refractivity contribution in [1.29, 1.82) is 0 Å². The Balaban J connectivity index is 1.64. The first kappa shape index (κ1) is 18.0. The molecule has 1 fully saturated rings. The zero-order chi connectivity index (χ0) is 16.5. The number of carbonyl (C=O) groups excluding carboxylic acids is 1. The number of hydrogen-bond donors (Lipinski definition) is 1. The van der Waals surface area contributed by atoms with Crippen molar-refractivity contribution in [3.05, 3.63) is 29.3 Å². The van der Waals surface area contributed by atoms with Crippen molar-refractivity contribution < 1.29 is 14.3 Å². The van der Waals surface area contributed by atoms with Crippen molar-refractivity contribution in [1.82, 2.24) is 4.90 Å². The van der Waals surface area contributed by atoms with Crippen molar-refractivity contribution in [2.75, 3.05) is 32.8 Å². The SMILES string of the molecule is NCCCOC1CCN(C(=O)CCOc2ccccc2Cl)CC1. The molecule has 5 nitrogen and oxygen atoms in total. The molecule has 1 aromatic carbocycles. The number of nitrogens with two attached hydrogens (primary N) is 1. The Kier molecular flexibility index (Phi) is 7.65. The molecule has 1 aliphatic rings. The van der Waals surface area contributed by atoms with E-state index >= 15 is 0 Å². The maximum Gasteiger partial charge on any atom is 0.226 e. The molecule has 0 aromatic heterocycles. The van der Waals surface area contributed by atoms with Gasteiger partial charge in [0.2, 0.25) is 5.91 Å². The second-order valence-electron chi connectivity index (χ2n) is 5.62. The Bertz CT molecular complexity index is 490. The molecule has 128 valence electrons. The molecule has 0 bridgehead atoms. The number of piperidine rings is 1. The van der Waals surface area contributed by atoms with Crippen LogP contribution in [-0.2, 0) is 9.53 Å². The molecule has 0 radical (unpaired) electrons. The Morgan fingerprint density at radius 1 is 1.26 bits per heavy atom. The molecule has 0 spiro atoms. The van der Waals surface area contributed by atoms with Crippen LogP contribution in [0.2, 0.25) is 5.02 Å². The molecule has 1 amide bonds. The fourth-order valence-corrected chi connectivity index (χ4v) is 2.76. The van der Waals surface area contributed by atoms with Crippen LogP contribution in [0.5, 0.6) is 5.75 Å². The predicted octanol–water partition coefficient (Wildman–Crippen LogP) is 2.47. The van der Waals surface area contributed by atoms with E-state index in [0.717, 1.165) is 32.4 Å². The molecule has 6 heteroatoms. The van der Waals surface area contributed by atoms with E-state index in [0.29, 0.717) is 37.0 Å². The van der Waals surface area contributed by atoms with Gasteiger partial charge in [-0.2, -0.15) is 0 Å². The number of hydrogen-bond acceptors (Lipinski definition) is 4. The third kappa shape index (κ3) is 6.01. The molecule has 0 unspecified atom stereocenters. The van der Waals surface area contributed by atoms with Gasteiger partial charge in [0.05, 0.1) is 24.2 Å². The summed E-state index contributed by atoms with van der Waals surface area (Å²) in [7, 11) is 0. The van der Waals surface area contributed by atoms with Crippen molar-refractivity contribution in [3.8, 4) is 5.75 Å². The lowest BCUT2D eigenvalue weighted by molar-refractivity contribution is -0.134. The summed E-state index contributed by atoms with van der Waals surface area (Å²) < 4.78 is 11.3. The number of likely N-dealkylation sites (tertiary alicyclic amines) is 1. The third-order valence-electron chi connectivity index (χ3n) is 3.91. The minimum Gasteiger partial charge on any atom is -0.491 e. The highest BCUT2D eigenvalue weighted by Crippen LogP contribution is 2.23. The predicted molar refractivity (Wildman–Crippen MR) is 90.8 cm³/mol. The van der Waals surface area contributed by atoms with Gasteiger partial charge in [0.1, 0.15) is 5.75 Å². The van der Waals surface area contributed by atoms with Gasteiger partial charge in [0.15, 0.2) is 0 Å². The van der Waals surface area contributed by atoms with Crippen LogP contribution in [0.3, 0.4) is 0 Å². The Labute approximate surface area is 142 Å². The number of benzene rings is 1. The van der Waals surface area contributed by atoms with E-state index in [2.05, 4.69) is 0 Å². The zero-order valence-electron chi connectivity index (χ0n) is 13.4. The molecule has 1 heterocycles. The van der Waals surface area contributed by atoms with E-state index in [1.165, 1.54) is 0 Å². The van der Waals surface area contributed by atoms with Crippen LogP contribution in [0.4, 0.5) is 0 Å². The summed E-state index contributed by atoms with van der Waals surface area (Å²) in [6, 6.07) is 7.28. The Morgan fingerprint density at radius 3 is 2.70 bits per heavy atom. The summed E-state index contributed by atoms with van der Waals surface area (Å²) in [4.78, 5) is 14.1. The van der Waals surface area contributed by atoms with Gasteiger partial charge in [0, 0.05) is 19.7 Å². The highest BCUT2D eigenvalue weighted by atomic mass is 35.5. The van der Waals surface area contributed by atoms with Crippen molar-refractivity contribution in [2.45, 2.75) is 31.8 Å². The summed E-state index contributed by atoms with van der Waals surface area (Å²) in [5.74, 6) is 0.742. The zero-order valence-corrected chi connectivity index (χ0v) is 14.1. The Morgan fingerprint density at radius 2 is 2.00 bits per heavy atom. The van der Waals surface area contributed by atoms with Crippen LogP contribution in [0.15, 0.2) is 24.3 Å². The lowest BCUT2D eigenvalue weighted by Crippen LogP contribution is -2.41. The summed E-state index contributed by atoms with van der Waals surface area (Å²) >= 11 is 6.01. The van der Waals surface area contributed by atoms with Crippen LogP contribution >= 0.6 is 11.6 Å². The van der Waals surface area contributed by atoms with Crippen molar-refractivity contribution in [3.63, 3.8) is 0 Å². The van der Waals surface area contributed by atoms with Gasteiger partial charge in [-0.25, -0.2) is 0 Å². The minimum absolute atomic E-state index is 0.123. The number of amides is 1. The topological polar surface area (TPSA) is 64.8 Å². The average Bonchev–Trinajstić information content (AvgIpc) is 2.57. The van der Waals surface area contributed by atoms with E-state index < -0.39 is 0 Å². The average molecular weight is 341 g/mol. The first-order valence-corrected chi connectivity index (χ1v) is 8.55. The van der Waals surface area contributed by atoms with Gasteiger partial charge < -0.3 is 20.1 Å². The van der Waals surface area contributed by atoms with Crippen molar-refractivity contribution >= 4 is 17.5 Å². The summed E-state index contributed by atoms with van der Waals surface area (Å²) in [6.45, 7) is 3.20. The molecule has 0 atom stereocenters. The third-order valence-corrected chi connectivity index (χ3v) is 4.22. The van der Waals surface area contributed by atoms with Gasteiger partial charge in [-0.15, -0.1) is 0 Å². The van der Waals surface area contributed by atoms with Crippen LogP contribution in [-0.4, -0.2) is 49.8 Å². The molecular weight excluding hydrogens is 316 g/mol. The number of ether oxygens (including phenoxy) is 2. The smallest absolute Gasteiger partial charge is 0.226 e. The second kappa shape index (κ2) is 9.75. The van der Waals surface area contributed by atoms with Crippen LogP contribution in [0.25, 0.3) is 0 Å². The molecule has 1 aromatic rings. The molecular formula is C17H25ClN2O3. The molecule has 0 aliphatic carbocycles. The van der Waals surface area contributed by atoms with E-state index in [-0.39, 0.29) is 12.0 Å². The largest absolute Gasteiger partial charge is 0.491 e. The van der Waals surface area contributed by atoms with Gasteiger partial charge in [-0.05, 0) is 37.9 Å². The number of para-hydroxylation sites is 1. The first-order chi connectivity index (χ1) is 11.2. The number of rotatable bonds is 8. The van der Waals surface area contributed by atoms with Gasteiger partial charge in [-0.3, -0.25) is 4.79 Å². The lowest BCUT2D eigenvalue weighted by atomic mass is 10.1. The summed E-state index contributed by atoms with van der Waals surface area (Å²) in [5.41, 5.74) is 5.45. The molecule has 1 aliphatic heterocycles. The molecule has 2 rings (SSSR count). The molecule has 0 saturated carbocycles. The quantitative estimate of drug-likeness (QED) is 0.738. The molecule has 23 heavy (non-hydrogen) atoms. The lowest BCUT2D eigenvalue weighted by Gasteiger charge is -2.32. The monoisotopic (exact) mass is 340 g/mol.